The molecule has 0 saturated carbocycles. The Morgan fingerprint density at radius 3 is 2.11 bits per heavy atom. The van der Waals surface area contributed by atoms with Gasteiger partial charge in [0, 0.05) is 25.2 Å². The Hall–Kier alpha value is -4.50. The fourth-order valence-corrected chi connectivity index (χ4v) is 5.60. The van der Waals surface area contributed by atoms with Crippen molar-refractivity contribution in [2.75, 3.05) is 20.1 Å². The molecule has 1 unspecified atom stereocenters. The van der Waals surface area contributed by atoms with Gasteiger partial charge in [0.2, 0.25) is 11.8 Å². The summed E-state index contributed by atoms with van der Waals surface area (Å²) < 4.78 is 0. The van der Waals surface area contributed by atoms with Crippen molar-refractivity contribution in [1.82, 2.24) is 20.4 Å². The number of nitrogens with one attached hydrogen (secondary N) is 2. The highest BCUT2D eigenvalue weighted by Gasteiger charge is 2.41. The summed E-state index contributed by atoms with van der Waals surface area (Å²) in [5, 5.41) is 15.3. The summed E-state index contributed by atoms with van der Waals surface area (Å²) in [4.78, 5) is 56.4. The second kappa shape index (κ2) is 14.5. The van der Waals surface area contributed by atoms with Crippen LogP contribution in [-0.2, 0) is 29.0 Å². The second-order valence-electron chi connectivity index (χ2n) is 12.8. The average Bonchev–Trinajstić information content (AvgIpc) is 3.03. The van der Waals surface area contributed by atoms with Gasteiger partial charge >= 0.3 is 5.97 Å². The molecule has 9 nitrogen and oxygen atoms in total. The zero-order valence-corrected chi connectivity index (χ0v) is 26.7. The van der Waals surface area contributed by atoms with Gasteiger partial charge < -0.3 is 25.5 Å². The summed E-state index contributed by atoms with van der Waals surface area (Å²) in [5.41, 5.74) is 3.14. The number of carbonyl (C=O) groups is 4. The van der Waals surface area contributed by atoms with Gasteiger partial charge in [0.15, 0.2) is 0 Å². The molecule has 3 aromatic carbocycles. The van der Waals surface area contributed by atoms with E-state index in [0.717, 1.165) is 16.7 Å². The van der Waals surface area contributed by atoms with E-state index in [1.54, 1.807) is 18.9 Å². The van der Waals surface area contributed by atoms with Crippen LogP contribution in [0.25, 0.3) is 0 Å². The van der Waals surface area contributed by atoms with E-state index in [-0.39, 0.29) is 35.9 Å². The van der Waals surface area contributed by atoms with E-state index in [1.165, 1.54) is 24.3 Å². The molecule has 0 bridgehead atoms. The molecule has 3 amide bonds. The lowest BCUT2D eigenvalue weighted by Crippen LogP contribution is -2.61. The van der Waals surface area contributed by atoms with Crippen molar-refractivity contribution in [3.8, 4) is 0 Å². The smallest absolute Gasteiger partial charge is 0.335 e. The Morgan fingerprint density at radius 2 is 1.51 bits per heavy atom. The lowest BCUT2D eigenvalue weighted by atomic mass is 9.84. The summed E-state index contributed by atoms with van der Waals surface area (Å²) in [7, 11) is 1.70. The maximum Gasteiger partial charge on any atom is 0.335 e. The van der Waals surface area contributed by atoms with Crippen molar-refractivity contribution in [2.24, 2.45) is 5.41 Å². The molecular formula is C36H44N4O5. The zero-order chi connectivity index (χ0) is 32.7. The number of carboxylic acids is 1. The topological polar surface area (TPSA) is 119 Å². The molecule has 9 heteroatoms. The van der Waals surface area contributed by atoms with Crippen molar-refractivity contribution in [3.63, 3.8) is 0 Å². The Kier molecular flexibility index (Phi) is 10.8. The highest BCUT2D eigenvalue weighted by atomic mass is 16.4. The Balaban J connectivity index is 1.68. The van der Waals surface area contributed by atoms with Crippen LogP contribution in [0.15, 0.2) is 78.9 Å². The maximum atomic E-state index is 14.4. The number of aromatic carboxylic acids is 1. The third kappa shape index (κ3) is 8.36. The minimum atomic E-state index is -1.06. The van der Waals surface area contributed by atoms with Crippen LogP contribution >= 0.6 is 0 Å². The number of amides is 3. The quantitative estimate of drug-likeness (QED) is 0.299. The fourth-order valence-electron chi connectivity index (χ4n) is 5.60. The molecule has 0 radical (unpaired) electrons. The fraction of sp³-hybridized carbons (Fsp3) is 0.389. The number of rotatable bonds is 11. The standard InChI is InChI=1S/C36H44N4O5/c1-24(37-5)32(41)38-31(36(2,3)4)34(43)40-22-29-14-10-9-13-28(29)21-30(40)23-39(20-19-25-11-7-6-8-12-25)33(42)26-15-17-27(18-16-26)35(44)45/h6-18,24,30-31,37H,19-23H2,1-5H3,(H,38,41)(H,44,45)/t24-,30-,31?/m0/s1. The van der Waals surface area contributed by atoms with E-state index < -0.39 is 23.5 Å². The first-order chi connectivity index (χ1) is 21.4. The predicted octanol–water partition coefficient (Wildman–Crippen LogP) is 4.16. The van der Waals surface area contributed by atoms with Gasteiger partial charge in [0.05, 0.1) is 17.6 Å². The van der Waals surface area contributed by atoms with Crippen LogP contribution in [-0.4, -0.2) is 76.9 Å². The molecule has 3 atom stereocenters. The molecule has 1 aliphatic heterocycles. The van der Waals surface area contributed by atoms with Gasteiger partial charge in [-0.25, -0.2) is 4.79 Å². The van der Waals surface area contributed by atoms with Gasteiger partial charge in [-0.2, -0.15) is 0 Å². The van der Waals surface area contributed by atoms with Gasteiger partial charge in [-0.3, -0.25) is 14.4 Å². The minimum absolute atomic E-state index is 0.103. The SMILES string of the molecule is CN[C@@H](C)C(=O)NC(C(=O)N1Cc2ccccc2C[C@H]1CN(CCc1ccccc1)C(=O)c1ccc(C(=O)O)cc1)C(C)(C)C. The summed E-state index contributed by atoms with van der Waals surface area (Å²) >= 11 is 0. The molecule has 4 rings (SSSR count). The number of hydrogen-bond acceptors (Lipinski definition) is 5. The molecule has 0 aromatic heterocycles. The van der Waals surface area contributed by atoms with Gasteiger partial charge in [0.25, 0.3) is 5.91 Å². The number of carboxylic acid groups (broad SMARTS) is 1. The monoisotopic (exact) mass is 612 g/mol. The third-order valence-electron chi connectivity index (χ3n) is 8.47. The molecule has 3 aromatic rings. The average molecular weight is 613 g/mol. The largest absolute Gasteiger partial charge is 0.478 e. The highest BCUT2D eigenvalue weighted by molar-refractivity contribution is 5.96. The molecule has 0 saturated heterocycles. The predicted molar refractivity (Wildman–Crippen MR) is 174 cm³/mol. The lowest BCUT2D eigenvalue weighted by Gasteiger charge is -2.43. The van der Waals surface area contributed by atoms with E-state index in [1.807, 2.05) is 74.2 Å². The lowest BCUT2D eigenvalue weighted by molar-refractivity contribution is -0.143. The van der Waals surface area contributed by atoms with Crippen LogP contribution in [0, 0.1) is 5.41 Å². The van der Waals surface area contributed by atoms with Crippen LogP contribution < -0.4 is 10.6 Å². The van der Waals surface area contributed by atoms with E-state index in [4.69, 9.17) is 0 Å². The molecule has 1 aliphatic rings. The molecule has 0 aliphatic carbocycles. The third-order valence-corrected chi connectivity index (χ3v) is 8.47. The molecule has 45 heavy (non-hydrogen) atoms. The van der Waals surface area contributed by atoms with E-state index >= 15 is 0 Å². The number of carbonyl (C=O) groups excluding carboxylic acids is 3. The molecule has 3 N–H and O–H groups in total. The van der Waals surface area contributed by atoms with Crippen LogP contribution in [0.2, 0.25) is 0 Å². The molecule has 0 spiro atoms. The highest BCUT2D eigenvalue weighted by Crippen LogP contribution is 2.29. The van der Waals surface area contributed by atoms with Crippen molar-refractivity contribution < 1.29 is 24.3 Å². The van der Waals surface area contributed by atoms with E-state index in [0.29, 0.717) is 31.5 Å². The van der Waals surface area contributed by atoms with Gasteiger partial charge in [-0.1, -0.05) is 75.4 Å². The summed E-state index contributed by atoms with van der Waals surface area (Å²) in [6.07, 6.45) is 1.16. The first-order valence-corrected chi connectivity index (χ1v) is 15.4. The summed E-state index contributed by atoms with van der Waals surface area (Å²) in [6.45, 7) is 8.58. The molecular weight excluding hydrogens is 568 g/mol. The molecule has 0 fully saturated rings. The van der Waals surface area contributed by atoms with Crippen LogP contribution in [0.1, 0.15) is 65.1 Å². The van der Waals surface area contributed by atoms with Crippen LogP contribution in [0.5, 0.6) is 0 Å². The Labute approximate surface area is 265 Å². The van der Waals surface area contributed by atoms with Gasteiger partial charge in [0.1, 0.15) is 6.04 Å². The molecule has 1 heterocycles. The second-order valence-corrected chi connectivity index (χ2v) is 12.8. The van der Waals surface area contributed by atoms with Crippen molar-refractivity contribution in [1.29, 1.82) is 0 Å². The zero-order valence-electron chi connectivity index (χ0n) is 26.7. The van der Waals surface area contributed by atoms with Crippen LogP contribution in [0.3, 0.4) is 0 Å². The van der Waals surface area contributed by atoms with Crippen molar-refractivity contribution in [2.45, 2.75) is 65.2 Å². The number of benzene rings is 3. The number of fused-ring (bicyclic) bond motifs is 1. The van der Waals surface area contributed by atoms with Crippen LogP contribution in [0.4, 0.5) is 0 Å². The number of likely N-dealkylation sites (N-methyl/N-ethyl adjacent to an activating group) is 1. The normalized spacial score (nSPS) is 15.8. The first-order valence-electron chi connectivity index (χ1n) is 15.4. The number of nitrogens with zero attached hydrogens (tertiary/aromatic N) is 2. The number of hydrogen-bond donors (Lipinski definition) is 3. The van der Waals surface area contributed by atoms with Gasteiger partial charge in [-0.05, 0) is 73.2 Å². The van der Waals surface area contributed by atoms with Gasteiger partial charge in [-0.15, -0.1) is 0 Å². The minimum Gasteiger partial charge on any atom is -0.478 e. The van der Waals surface area contributed by atoms with E-state index in [9.17, 15) is 24.3 Å². The van der Waals surface area contributed by atoms with E-state index in [2.05, 4.69) is 16.7 Å². The maximum absolute atomic E-state index is 14.4. The summed E-state index contributed by atoms with van der Waals surface area (Å²) in [5.74, 6) is -1.75. The molecule has 238 valence electrons. The Morgan fingerprint density at radius 1 is 0.911 bits per heavy atom. The first kappa shape index (κ1) is 33.4. The summed E-state index contributed by atoms with van der Waals surface area (Å²) in [6, 6.07) is 22.2. The van der Waals surface area contributed by atoms with Crippen molar-refractivity contribution >= 4 is 23.7 Å². The Bertz CT molecular complexity index is 1500. The van der Waals surface area contributed by atoms with Crippen molar-refractivity contribution in [3.05, 3.63) is 107 Å².